The van der Waals surface area contributed by atoms with Crippen LogP contribution in [-0.2, 0) is 59.3 Å². The molecule has 4 heterocycles. The number of methoxy groups -OCH3 is 1. The summed E-state index contributed by atoms with van der Waals surface area (Å²) in [7, 11) is -13.6. The number of carbonyl (C=O) groups is 4. The first-order valence-electron chi connectivity index (χ1n) is 38.8. The second kappa shape index (κ2) is 39.1. The predicted molar refractivity (Wildman–Crippen MR) is 483 cm³/mol. The summed E-state index contributed by atoms with van der Waals surface area (Å²) in [6, 6.07) is 76.7. The molecule has 4 atom stereocenters. The number of nitrogens with two attached hydrogens (primary N) is 4. The minimum absolute atomic E-state index is 0.00496. The van der Waals surface area contributed by atoms with Crippen LogP contribution in [0, 0.1) is 25.2 Å². The Bertz CT molecular complexity index is 6650. The molecule has 12 aromatic rings. The van der Waals surface area contributed by atoms with Crippen molar-refractivity contribution >= 4 is 133 Å². The van der Waals surface area contributed by atoms with E-state index in [1.807, 2.05) is 98.8 Å². The number of halogens is 4. The molecule has 0 aliphatic carbocycles. The Labute approximate surface area is 749 Å². The Balaban J connectivity index is 0.000000144. The lowest BCUT2D eigenvalue weighted by atomic mass is 9.97. The number of carbonyl (C=O) groups excluding carboxylic acids is 4. The molecule has 4 saturated heterocycles. The van der Waals surface area contributed by atoms with Crippen molar-refractivity contribution in [2.45, 2.75) is 82.8 Å². The average molecular weight is 1850 g/mol. The van der Waals surface area contributed by atoms with Crippen LogP contribution in [0.2, 0.25) is 20.1 Å². The van der Waals surface area contributed by atoms with E-state index in [0.717, 1.165) is 39.1 Å². The van der Waals surface area contributed by atoms with E-state index in [-0.39, 0.29) is 79.7 Å². The lowest BCUT2D eigenvalue weighted by Crippen LogP contribution is -2.24. The molecule has 0 bridgehead atoms. The van der Waals surface area contributed by atoms with Gasteiger partial charge in [-0.2, -0.15) is 5.26 Å². The van der Waals surface area contributed by atoms with Gasteiger partial charge in [-0.3, -0.25) is 19.2 Å². The maximum atomic E-state index is 12.8. The summed E-state index contributed by atoms with van der Waals surface area (Å²) < 4.78 is 122. The second-order valence-corrected chi connectivity index (χ2v) is 37.8. The van der Waals surface area contributed by atoms with Crippen molar-refractivity contribution in [3.63, 3.8) is 0 Å². The number of primary sulfonamides is 4. The summed E-state index contributed by atoms with van der Waals surface area (Å²) in [5.74, 6) is 4.66. The number of ether oxygens (including phenoxy) is 5. The lowest BCUT2D eigenvalue weighted by molar-refractivity contribution is -0.118. The molecule has 0 saturated carbocycles. The van der Waals surface area contributed by atoms with E-state index in [4.69, 9.17) is 95.9 Å². The van der Waals surface area contributed by atoms with Gasteiger partial charge in [-0.25, -0.2) is 54.2 Å². The fraction of sp³-hybridized carbons (Fsp3) is 0.163. The minimum atomic E-state index is -3.80. The van der Waals surface area contributed by atoms with E-state index in [0.29, 0.717) is 133 Å². The standard InChI is InChI=1S/C23H18ClN3O4S.C23H21ClN2O5S.2C23H21ClN2O4S/c24-17-3-10-21(22(12-17)31-19-6-1-15(13-25)2-7-19)16-11-23(28)27(14-16)18-4-8-20(9-5-18)32(26,29)30;1-30-20-4-2-3-5-21(20)31-22-13-16(24)6-11-19(22)15-12-23(27)26(14-15)17-7-9-18(10-8-17)32(25,28)29;1-15-2-7-19(8-3-15)30-22-13-17(24)4-11-21(22)16-12-23(27)26(14-16)18-5-9-20(10-6-18)31(25,28)29;1-15-4-2-3-5-21(15)30-22-13-17(24)6-11-20(22)16-12-23(27)26(14-16)18-7-9-19(10-8-18)31(25,28)29/h1-10,12,16H,11,14H2,(H2,26,29,30);2-11,13,15H,12,14H2,1H3,(H2,25,28,29);2*2-11,13,16H,12,14H2,1H3,(H2,25,28,29)/t16-;15-;2*16-/m0000/s1. The number of amides is 4. The fourth-order valence-electron chi connectivity index (χ4n) is 14.7. The molecular formula is C92H81Cl4N9O17S4. The third kappa shape index (κ3) is 22.7. The van der Waals surface area contributed by atoms with Gasteiger partial charge in [0.25, 0.3) is 0 Å². The van der Waals surface area contributed by atoms with Gasteiger partial charge >= 0.3 is 0 Å². The van der Waals surface area contributed by atoms with Crippen molar-refractivity contribution in [1.29, 1.82) is 5.26 Å². The number of nitriles is 1. The Hall–Kier alpha value is -12.2. The summed E-state index contributed by atoms with van der Waals surface area (Å²) in [5.41, 5.74) is 8.54. The Morgan fingerprint density at radius 2 is 0.587 bits per heavy atom. The number of hydrogen-bond acceptors (Lipinski definition) is 18. The Kier molecular flexibility index (Phi) is 28.4. The number of nitrogens with zero attached hydrogens (tertiary/aromatic N) is 5. The molecule has 26 nitrogen and oxygen atoms in total. The van der Waals surface area contributed by atoms with Crippen LogP contribution in [0.3, 0.4) is 0 Å². The second-order valence-electron chi connectivity index (χ2n) is 29.8. The van der Waals surface area contributed by atoms with Crippen LogP contribution in [0.5, 0.6) is 51.7 Å². The summed E-state index contributed by atoms with van der Waals surface area (Å²) in [6.45, 7) is 5.67. The number of rotatable bonds is 21. The van der Waals surface area contributed by atoms with Gasteiger partial charge in [0.05, 0.1) is 38.3 Å². The van der Waals surface area contributed by atoms with Gasteiger partial charge in [0.1, 0.15) is 40.2 Å². The lowest BCUT2D eigenvalue weighted by Gasteiger charge is -2.19. The Morgan fingerprint density at radius 3 is 0.865 bits per heavy atom. The van der Waals surface area contributed by atoms with E-state index in [2.05, 4.69) is 6.07 Å². The van der Waals surface area contributed by atoms with E-state index in [9.17, 15) is 52.8 Å². The van der Waals surface area contributed by atoms with Crippen LogP contribution in [-0.4, -0.2) is 90.6 Å². The van der Waals surface area contributed by atoms with Gasteiger partial charge < -0.3 is 43.3 Å². The van der Waals surface area contributed by atoms with Gasteiger partial charge in [-0.15, -0.1) is 0 Å². The van der Waals surface area contributed by atoms with Crippen molar-refractivity contribution in [3.05, 3.63) is 326 Å². The number of benzene rings is 12. The first kappa shape index (κ1) is 91.5. The van der Waals surface area contributed by atoms with E-state index < -0.39 is 40.1 Å². The highest BCUT2D eigenvalue weighted by molar-refractivity contribution is 7.90. The highest BCUT2D eigenvalue weighted by atomic mass is 35.5. The molecule has 34 heteroatoms. The molecule has 4 aliphatic rings. The monoisotopic (exact) mass is 1850 g/mol. The third-order valence-corrected chi connectivity index (χ3v) is 25.8. The van der Waals surface area contributed by atoms with Crippen molar-refractivity contribution in [2.24, 2.45) is 20.6 Å². The molecule has 648 valence electrons. The zero-order chi connectivity index (χ0) is 90.1. The zero-order valence-corrected chi connectivity index (χ0v) is 73.8. The highest BCUT2D eigenvalue weighted by Crippen LogP contribution is 2.46. The van der Waals surface area contributed by atoms with Crippen LogP contribution in [0.15, 0.2) is 287 Å². The molecule has 4 amide bonds. The van der Waals surface area contributed by atoms with Crippen LogP contribution in [0.4, 0.5) is 22.7 Å². The highest BCUT2D eigenvalue weighted by Gasteiger charge is 2.38. The zero-order valence-electron chi connectivity index (χ0n) is 67.5. The molecule has 126 heavy (non-hydrogen) atoms. The number of aryl methyl sites for hydroxylation is 2. The summed E-state index contributed by atoms with van der Waals surface area (Å²) in [6.07, 6.45) is 1.16. The van der Waals surface area contributed by atoms with Crippen molar-refractivity contribution < 1.29 is 76.5 Å². The molecule has 0 spiro atoms. The molecule has 4 aliphatic heterocycles. The Morgan fingerprint density at radius 1 is 0.325 bits per heavy atom. The smallest absolute Gasteiger partial charge is 0.238 e. The van der Waals surface area contributed by atoms with Gasteiger partial charge in [-0.1, -0.05) is 119 Å². The maximum absolute atomic E-state index is 12.8. The molecule has 0 aromatic heterocycles. The fourth-order valence-corrected chi connectivity index (χ4v) is 17.4. The van der Waals surface area contributed by atoms with E-state index in [1.54, 1.807) is 160 Å². The topological polar surface area (TPSA) is 392 Å². The number of sulfonamides is 4. The summed E-state index contributed by atoms with van der Waals surface area (Å²) in [5, 5.41) is 31.7. The molecule has 8 N–H and O–H groups in total. The van der Waals surface area contributed by atoms with Crippen LogP contribution in [0.1, 0.15) is 88.3 Å². The third-order valence-electron chi connectivity index (χ3n) is 21.1. The first-order valence-corrected chi connectivity index (χ1v) is 46.5. The van der Waals surface area contributed by atoms with Gasteiger partial charge in [0.2, 0.25) is 63.7 Å². The summed E-state index contributed by atoms with van der Waals surface area (Å²) in [4.78, 5) is 57.5. The van der Waals surface area contributed by atoms with E-state index in [1.165, 1.54) is 48.5 Å². The van der Waals surface area contributed by atoms with Crippen molar-refractivity contribution in [3.8, 4) is 57.8 Å². The molecule has 4 fully saturated rings. The predicted octanol–water partition coefficient (Wildman–Crippen LogP) is 17.7. The molecule has 12 aromatic carbocycles. The molecule has 16 rings (SSSR count). The van der Waals surface area contributed by atoms with Crippen LogP contribution in [0.25, 0.3) is 0 Å². The normalized spacial score (nSPS) is 16.4. The van der Waals surface area contributed by atoms with Crippen molar-refractivity contribution in [2.75, 3.05) is 52.9 Å². The number of para-hydroxylation sites is 3. The molecular weight excluding hydrogens is 1770 g/mol. The van der Waals surface area contributed by atoms with Gasteiger partial charge in [0, 0.05) is 141 Å². The van der Waals surface area contributed by atoms with Crippen LogP contribution >= 0.6 is 46.4 Å². The SMILES string of the molecule is COc1ccccc1Oc1cc(Cl)ccc1[C@H]1CC(=O)N(c2ccc(S(N)(=O)=O)cc2)C1.Cc1ccc(Oc2cc(Cl)ccc2[C@H]2CC(=O)N(c3ccc(S(N)(=O)=O)cc3)C2)cc1.Cc1ccccc1Oc1cc(Cl)ccc1[C@H]1CC(=O)N(c2ccc(S(N)(=O)=O)cc2)C1.N#Cc1ccc(Oc2cc(Cl)ccc2[C@H]2CC(=O)N(c3ccc(S(N)(=O)=O)cc3)C2)cc1. The summed E-state index contributed by atoms with van der Waals surface area (Å²) >= 11 is 24.8. The quantitative estimate of drug-likeness (QED) is 0.0519. The maximum Gasteiger partial charge on any atom is 0.238 e. The number of hydrogen-bond donors (Lipinski definition) is 4. The first-order chi connectivity index (χ1) is 59.9. The van der Waals surface area contributed by atoms with Gasteiger partial charge in [-0.05, 0) is 220 Å². The molecule has 0 radical (unpaired) electrons. The minimum Gasteiger partial charge on any atom is -0.493 e. The average Bonchev–Trinajstić information content (AvgIpc) is 1.66. The number of anilines is 4. The van der Waals surface area contributed by atoms with Crippen LogP contribution < -0.4 is 63.8 Å². The molecule has 0 unspecified atom stereocenters. The largest absolute Gasteiger partial charge is 0.493 e. The van der Waals surface area contributed by atoms with E-state index >= 15 is 0 Å². The van der Waals surface area contributed by atoms with Crippen molar-refractivity contribution in [1.82, 2.24) is 0 Å². The van der Waals surface area contributed by atoms with Gasteiger partial charge in [0.15, 0.2) is 11.5 Å².